The van der Waals surface area contributed by atoms with E-state index in [1.54, 1.807) is 12.3 Å². The first kappa shape index (κ1) is 27.6. The number of imide groups is 1. The van der Waals surface area contributed by atoms with Crippen molar-refractivity contribution in [2.45, 2.75) is 39.2 Å². The van der Waals surface area contributed by atoms with Gasteiger partial charge in [-0.15, -0.1) is 0 Å². The van der Waals surface area contributed by atoms with E-state index in [1.807, 2.05) is 66.7 Å². The van der Waals surface area contributed by atoms with Crippen LogP contribution < -0.4 is 4.90 Å². The van der Waals surface area contributed by atoms with Crippen LogP contribution in [0.4, 0.5) is 5.69 Å². The van der Waals surface area contributed by atoms with Crippen LogP contribution in [0.25, 0.3) is 11.6 Å². The minimum absolute atomic E-state index is 0.0962. The third kappa shape index (κ3) is 5.17. The SMILES string of the molecule is CC(C)C1=C2[C@@H](CC/C(=C/c3cc(Br)ccc3O)c3ccccn3)OC[C@@H]2[C@@H]2C(=O)N(c3ccccc3)C(=O)[C@@H]2C1. The average Bonchev–Trinajstić information content (AvgIpc) is 3.51. The number of allylic oxidation sites excluding steroid dienone is 2. The molecule has 0 bridgehead atoms. The van der Waals surface area contributed by atoms with Crippen LogP contribution in [0.1, 0.15) is 44.4 Å². The number of rotatable bonds is 7. The van der Waals surface area contributed by atoms with Gasteiger partial charge < -0.3 is 9.84 Å². The Bertz CT molecular complexity index is 1530. The van der Waals surface area contributed by atoms with Gasteiger partial charge >= 0.3 is 0 Å². The number of ether oxygens (including phenoxy) is 1. The van der Waals surface area contributed by atoms with Gasteiger partial charge in [-0.2, -0.15) is 0 Å². The van der Waals surface area contributed by atoms with Gasteiger partial charge in [0.25, 0.3) is 0 Å². The number of nitrogens with zero attached hydrogens (tertiary/aromatic N) is 2. The number of benzene rings is 2. The molecular weight excluding hydrogens is 580 g/mol. The Balaban J connectivity index is 1.30. The molecule has 2 saturated heterocycles. The molecule has 2 aliphatic heterocycles. The second-order valence-corrected chi connectivity index (χ2v) is 12.3. The maximum atomic E-state index is 13.8. The van der Waals surface area contributed by atoms with Crippen LogP contribution in [0.3, 0.4) is 0 Å². The van der Waals surface area contributed by atoms with Crippen LogP contribution in [0.2, 0.25) is 0 Å². The van der Waals surface area contributed by atoms with Crippen molar-refractivity contribution in [2.75, 3.05) is 11.5 Å². The first-order valence-electron chi connectivity index (χ1n) is 14.2. The average molecular weight is 614 g/mol. The van der Waals surface area contributed by atoms with Crippen LogP contribution in [0, 0.1) is 23.7 Å². The van der Waals surface area contributed by atoms with Gasteiger partial charge in [0.15, 0.2) is 0 Å². The number of carbonyl (C=O) groups excluding carboxylic acids is 2. The van der Waals surface area contributed by atoms with E-state index in [9.17, 15) is 14.7 Å². The standard InChI is InChI=1S/C34H33BrN2O4/c1-20(2)25-18-26-32(34(40)37(33(26)39)24-8-4-3-5-9-24)27-19-41-30(31(25)27)14-11-21(28-10-6-7-15-36-28)16-22-17-23(35)12-13-29(22)38/h3-10,12-13,15-17,20,26-27,30,32,38H,11,14,18-19H2,1-2H3/b21-16-/t26-,27+,30-,32-/m1/s1. The highest BCUT2D eigenvalue weighted by atomic mass is 79.9. The minimum Gasteiger partial charge on any atom is -0.507 e. The Morgan fingerprint density at radius 1 is 1.07 bits per heavy atom. The molecule has 1 N–H and O–H groups in total. The van der Waals surface area contributed by atoms with Gasteiger partial charge in [0.1, 0.15) is 5.75 Å². The normalized spacial score (nSPS) is 24.3. The van der Waals surface area contributed by atoms with E-state index in [2.05, 4.69) is 34.8 Å². The highest BCUT2D eigenvalue weighted by molar-refractivity contribution is 9.10. The zero-order chi connectivity index (χ0) is 28.7. The number of aromatic nitrogens is 1. The van der Waals surface area contributed by atoms with Gasteiger partial charge in [-0.25, -0.2) is 0 Å². The molecule has 1 aromatic heterocycles. The molecule has 1 aliphatic carbocycles. The Kier molecular flexibility index (Phi) is 7.66. The number of phenolic OH excluding ortho intramolecular Hbond substituents is 1. The molecule has 6 nitrogen and oxygen atoms in total. The molecular formula is C34H33BrN2O4. The number of fused-ring (bicyclic) bond motifs is 3. The van der Waals surface area contributed by atoms with Crippen LogP contribution >= 0.6 is 15.9 Å². The molecule has 7 heteroatoms. The van der Waals surface area contributed by atoms with E-state index in [0.29, 0.717) is 37.1 Å². The molecule has 41 heavy (non-hydrogen) atoms. The molecule has 2 amide bonds. The van der Waals surface area contributed by atoms with Crippen molar-refractivity contribution in [1.82, 2.24) is 4.98 Å². The third-order valence-electron chi connectivity index (χ3n) is 8.64. The number of phenols is 1. The van der Waals surface area contributed by atoms with Crippen LogP contribution in [-0.4, -0.2) is 34.6 Å². The highest BCUT2D eigenvalue weighted by Gasteiger charge is 2.57. The van der Waals surface area contributed by atoms with Crippen molar-refractivity contribution >= 4 is 45.1 Å². The van der Waals surface area contributed by atoms with Crippen molar-refractivity contribution in [3.63, 3.8) is 0 Å². The molecule has 3 aliphatic rings. The van der Waals surface area contributed by atoms with Gasteiger partial charge in [-0.05, 0) is 84.9 Å². The maximum absolute atomic E-state index is 13.8. The third-order valence-corrected chi connectivity index (χ3v) is 9.14. The first-order valence-corrected chi connectivity index (χ1v) is 15.0. The number of pyridine rings is 1. The highest BCUT2D eigenvalue weighted by Crippen LogP contribution is 2.52. The number of para-hydroxylation sites is 1. The summed E-state index contributed by atoms with van der Waals surface area (Å²) in [5.41, 5.74) is 5.66. The fourth-order valence-electron chi connectivity index (χ4n) is 6.73. The van der Waals surface area contributed by atoms with Crippen molar-refractivity contribution in [3.8, 4) is 5.75 Å². The predicted octanol–water partition coefficient (Wildman–Crippen LogP) is 7.05. The van der Waals surface area contributed by atoms with Crippen LogP contribution in [0.15, 0.2) is 88.5 Å². The van der Waals surface area contributed by atoms with Gasteiger partial charge in [0.05, 0.1) is 35.9 Å². The zero-order valence-electron chi connectivity index (χ0n) is 23.2. The molecule has 6 rings (SSSR count). The van der Waals surface area contributed by atoms with Crippen LogP contribution in [-0.2, 0) is 14.3 Å². The van der Waals surface area contributed by atoms with Crippen molar-refractivity contribution in [3.05, 3.63) is 99.8 Å². The molecule has 0 saturated carbocycles. The van der Waals surface area contributed by atoms with Crippen molar-refractivity contribution < 1.29 is 19.4 Å². The lowest BCUT2D eigenvalue weighted by atomic mass is 9.67. The lowest BCUT2D eigenvalue weighted by molar-refractivity contribution is -0.122. The van der Waals surface area contributed by atoms with E-state index in [0.717, 1.165) is 15.7 Å². The molecule has 3 aromatic rings. The van der Waals surface area contributed by atoms with Gasteiger partial charge in [-0.3, -0.25) is 19.5 Å². The first-order chi connectivity index (χ1) is 19.8. The second-order valence-electron chi connectivity index (χ2n) is 11.4. The van der Waals surface area contributed by atoms with Gasteiger partial charge in [0, 0.05) is 22.2 Å². The molecule has 0 unspecified atom stereocenters. The topological polar surface area (TPSA) is 79.7 Å². The van der Waals surface area contributed by atoms with Gasteiger partial charge in [0.2, 0.25) is 11.8 Å². The fourth-order valence-corrected chi connectivity index (χ4v) is 7.11. The largest absolute Gasteiger partial charge is 0.507 e. The van der Waals surface area contributed by atoms with Crippen molar-refractivity contribution in [1.29, 1.82) is 0 Å². The molecule has 210 valence electrons. The summed E-state index contributed by atoms with van der Waals surface area (Å²) < 4.78 is 7.33. The van der Waals surface area contributed by atoms with E-state index in [-0.39, 0.29) is 41.4 Å². The Morgan fingerprint density at radius 3 is 2.59 bits per heavy atom. The number of carbonyl (C=O) groups is 2. The quantitative estimate of drug-likeness (QED) is 0.228. The monoisotopic (exact) mass is 612 g/mol. The smallest absolute Gasteiger partial charge is 0.238 e. The lowest BCUT2D eigenvalue weighted by Crippen LogP contribution is -2.35. The summed E-state index contributed by atoms with van der Waals surface area (Å²) in [5.74, 6) is -0.599. The molecule has 4 atom stereocenters. The Labute approximate surface area is 248 Å². The second kappa shape index (κ2) is 11.4. The van der Waals surface area contributed by atoms with E-state index < -0.39 is 5.92 Å². The van der Waals surface area contributed by atoms with Crippen molar-refractivity contribution in [2.24, 2.45) is 23.7 Å². The van der Waals surface area contributed by atoms with Gasteiger partial charge in [-0.1, -0.05) is 59.6 Å². The molecule has 3 heterocycles. The number of aromatic hydroxyl groups is 1. The summed E-state index contributed by atoms with van der Waals surface area (Å²) in [7, 11) is 0. The Morgan fingerprint density at radius 2 is 1.85 bits per heavy atom. The minimum atomic E-state index is -0.394. The van der Waals surface area contributed by atoms with Crippen LogP contribution in [0.5, 0.6) is 5.75 Å². The number of halogens is 1. The zero-order valence-corrected chi connectivity index (χ0v) is 24.8. The number of hydrogen-bond acceptors (Lipinski definition) is 5. The Hall–Kier alpha value is -3.55. The number of amides is 2. The summed E-state index contributed by atoms with van der Waals surface area (Å²) in [6.45, 7) is 4.77. The summed E-state index contributed by atoms with van der Waals surface area (Å²) in [6, 6.07) is 20.5. The summed E-state index contributed by atoms with van der Waals surface area (Å²) in [6.07, 6.45) is 5.59. The fraction of sp³-hybridized carbons (Fsp3) is 0.324. The summed E-state index contributed by atoms with van der Waals surface area (Å²) in [5, 5.41) is 10.5. The van der Waals surface area contributed by atoms with E-state index in [1.165, 1.54) is 16.0 Å². The number of hydrogen-bond donors (Lipinski definition) is 1. The lowest BCUT2D eigenvalue weighted by Gasteiger charge is -2.33. The van der Waals surface area contributed by atoms with E-state index >= 15 is 0 Å². The molecule has 2 aromatic carbocycles. The number of anilines is 1. The molecule has 2 fully saturated rings. The molecule has 0 spiro atoms. The summed E-state index contributed by atoms with van der Waals surface area (Å²) in [4.78, 5) is 33.4. The van der Waals surface area contributed by atoms with E-state index in [4.69, 9.17) is 4.74 Å². The summed E-state index contributed by atoms with van der Waals surface area (Å²) >= 11 is 3.51. The predicted molar refractivity (Wildman–Crippen MR) is 163 cm³/mol. The maximum Gasteiger partial charge on any atom is 0.238 e. The molecule has 0 radical (unpaired) electrons.